The van der Waals surface area contributed by atoms with Crippen molar-refractivity contribution in [2.75, 3.05) is 5.32 Å². The van der Waals surface area contributed by atoms with E-state index in [0.29, 0.717) is 18.6 Å². The van der Waals surface area contributed by atoms with E-state index in [1.54, 1.807) is 0 Å². The fourth-order valence-corrected chi connectivity index (χ4v) is 3.39. The van der Waals surface area contributed by atoms with Crippen LogP contribution in [0.1, 0.15) is 45.1 Å². The fraction of sp³-hybridized carbons (Fsp3) is 0.429. The summed E-state index contributed by atoms with van der Waals surface area (Å²) in [5.74, 6) is 0.585. The molecule has 0 atom stereocenters. The number of nitrogens with one attached hydrogen (secondary N) is 1. The standard InChI is InChI=1S/C21H25F3N2O3/c1-4-5-14(2)12-15(3)29-18-9-6-16(7-10-18)25-17-8-11-20(26(27)28)19(13-17)21(22,23)24/h4-5,8,11-13,16,18,25H,3,6-7,9-10H2,1-2H3/b5-4-,14-12-/t16-,18-. The van der Waals surface area contributed by atoms with Gasteiger partial charge in [0.05, 0.1) is 11.0 Å². The molecule has 5 nitrogen and oxygen atoms in total. The molecular weight excluding hydrogens is 385 g/mol. The van der Waals surface area contributed by atoms with Gasteiger partial charge in [-0.25, -0.2) is 0 Å². The number of alkyl halides is 3. The molecule has 0 spiro atoms. The molecule has 0 aliphatic heterocycles. The molecule has 2 rings (SSSR count). The largest absolute Gasteiger partial charge is 0.491 e. The number of benzene rings is 1. The number of hydrogen-bond donors (Lipinski definition) is 1. The zero-order chi connectivity index (χ0) is 21.6. The summed E-state index contributed by atoms with van der Waals surface area (Å²) in [7, 11) is 0. The van der Waals surface area contributed by atoms with Crippen molar-refractivity contribution in [1.82, 2.24) is 0 Å². The van der Waals surface area contributed by atoms with Crippen LogP contribution in [-0.2, 0) is 10.9 Å². The molecule has 0 aromatic heterocycles. The number of ether oxygens (including phenoxy) is 1. The Bertz CT molecular complexity index is 808. The minimum absolute atomic E-state index is 0.0119. The van der Waals surface area contributed by atoms with Crippen LogP contribution in [0.4, 0.5) is 24.5 Å². The molecule has 0 saturated heterocycles. The van der Waals surface area contributed by atoms with E-state index in [2.05, 4.69) is 11.9 Å². The molecule has 0 bridgehead atoms. The zero-order valence-electron chi connectivity index (χ0n) is 16.5. The van der Waals surface area contributed by atoms with Crippen LogP contribution in [0.15, 0.2) is 54.3 Å². The predicted molar refractivity (Wildman–Crippen MR) is 107 cm³/mol. The van der Waals surface area contributed by atoms with E-state index < -0.39 is 22.4 Å². The second kappa shape index (κ2) is 9.62. The van der Waals surface area contributed by atoms with Crippen LogP contribution in [0.5, 0.6) is 0 Å². The molecule has 1 aromatic carbocycles. The first-order valence-corrected chi connectivity index (χ1v) is 9.39. The Kier molecular flexibility index (Phi) is 7.47. The summed E-state index contributed by atoms with van der Waals surface area (Å²) in [5.41, 5.74) is -0.933. The highest BCUT2D eigenvalue weighted by molar-refractivity contribution is 5.55. The maximum atomic E-state index is 13.1. The quantitative estimate of drug-likeness (QED) is 0.245. The molecule has 8 heteroatoms. The van der Waals surface area contributed by atoms with Crippen molar-refractivity contribution in [2.24, 2.45) is 0 Å². The van der Waals surface area contributed by atoms with Gasteiger partial charge in [0.1, 0.15) is 11.3 Å². The maximum absolute atomic E-state index is 13.1. The monoisotopic (exact) mass is 410 g/mol. The lowest BCUT2D eigenvalue weighted by Gasteiger charge is -2.30. The average molecular weight is 410 g/mol. The Morgan fingerprint density at radius 2 is 1.97 bits per heavy atom. The minimum Gasteiger partial charge on any atom is -0.491 e. The third-order valence-electron chi connectivity index (χ3n) is 4.68. The first-order chi connectivity index (χ1) is 13.6. The van der Waals surface area contributed by atoms with Gasteiger partial charge in [-0.05, 0) is 63.3 Å². The van der Waals surface area contributed by atoms with Gasteiger partial charge in [-0.2, -0.15) is 13.2 Å². The maximum Gasteiger partial charge on any atom is 0.423 e. The van der Waals surface area contributed by atoms with E-state index in [4.69, 9.17) is 4.74 Å². The van der Waals surface area contributed by atoms with Crippen LogP contribution in [0.25, 0.3) is 0 Å². The highest BCUT2D eigenvalue weighted by Gasteiger charge is 2.38. The van der Waals surface area contributed by atoms with Gasteiger partial charge in [-0.15, -0.1) is 0 Å². The molecule has 1 fully saturated rings. The van der Waals surface area contributed by atoms with Crippen molar-refractivity contribution in [3.05, 3.63) is 70.0 Å². The Hall–Kier alpha value is -2.77. The molecule has 1 N–H and O–H groups in total. The van der Waals surface area contributed by atoms with E-state index in [0.717, 1.165) is 30.5 Å². The van der Waals surface area contributed by atoms with Crippen LogP contribution in [-0.4, -0.2) is 17.1 Å². The van der Waals surface area contributed by atoms with Gasteiger partial charge in [0.2, 0.25) is 0 Å². The fourth-order valence-electron chi connectivity index (χ4n) is 3.39. The molecule has 29 heavy (non-hydrogen) atoms. The molecule has 0 heterocycles. The molecule has 0 amide bonds. The van der Waals surface area contributed by atoms with E-state index >= 15 is 0 Å². The topological polar surface area (TPSA) is 64.4 Å². The highest BCUT2D eigenvalue weighted by Crippen LogP contribution is 2.38. The first kappa shape index (κ1) is 22.5. The lowest BCUT2D eigenvalue weighted by Crippen LogP contribution is -2.29. The highest BCUT2D eigenvalue weighted by atomic mass is 19.4. The van der Waals surface area contributed by atoms with Crippen molar-refractivity contribution in [2.45, 2.75) is 57.9 Å². The molecule has 0 radical (unpaired) electrons. The second-order valence-electron chi connectivity index (χ2n) is 7.08. The van der Waals surface area contributed by atoms with E-state index in [1.165, 1.54) is 6.07 Å². The first-order valence-electron chi connectivity index (χ1n) is 9.39. The number of halogens is 3. The number of anilines is 1. The summed E-state index contributed by atoms with van der Waals surface area (Å²) in [4.78, 5) is 9.83. The van der Waals surface area contributed by atoms with Crippen LogP contribution >= 0.6 is 0 Å². The SMILES string of the molecule is C=C(/C=C(C)\C=C/C)O[C@H]1CC[C@H](Nc2ccc([N+](=O)[O-])c(C(F)(F)F)c2)CC1. The van der Waals surface area contributed by atoms with Crippen molar-refractivity contribution in [3.63, 3.8) is 0 Å². The molecule has 1 saturated carbocycles. The molecule has 1 aliphatic carbocycles. The zero-order valence-corrected chi connectivity index (χ0v) is 16.5. The van der Waals surface area contributed by atoms with Gasteiger partial charge < -0.3 is 10.1 Å². The number of nitrogens with zero attached hydrogens (tertiary/aromatic N) is 1. The van der Waals surface area contributed by atoms with E-state index in [1.807, 2.05) is 32.1 Å². The smallest absolute Gasteiger partial charge is 0.423 e. The van der Waals surface area contributed by atoms with Crippen molar-refractivity contribution in [1.29, 1.82) is 0 Å². The van der Waals surface area contributed by atoms with Crippen molar-refractivity contribution >= 4 is 11.4 Å². The van der Waals surface area contributed by atoms with Crippen LogP contribution in [0, 0.1) is 10.1 Å². The van der Waals surface area contributed by atoms with Crippen LogP contribution in [0.3, 0.4) is 0 Å². The van der Waals surface area contributed by atoms with E-state index in [9.17, 15) is 23.3 Å². The predicted octanol–water partition coefficient (Wildman–Crippen LogP) is 6.39. The van der Waals surface area contributed by atoms with Crippen LogP contribution < -0.4 is 5.32 Å². The third-order valence-corrected chi connectivity index (χ3v) is 4.68. The normalized spacial score (nSPS) is 20.5. The number of allylic oxidation sites excluding steroid dienone is 4. The van der Waals surface area contributed by atoms with Gasteiger partial charge in [0.15, 0.2) is 0 Å². The van der Waals surface area contributed by atoms with Gasteiger partial charge >= 0.3 is 6.18 Å². The number of hydrogen-bond acceptors (Lipinski definition) is 4. The minimum atomic E-state index is -4.79. The molecule has 158 valence electrons. The summed E-state index contributed by atoms with van der Waals surface area (Å²) in [6, 6.07) is 2.99. The molecule has 0 unspecified atom stereocenters. The van der Waals surface area contributed by atoms with Crippen molar-refractivity contribution < 1.29 is 22.8 Å². The Labute approximate surface area is 168 Å². The third kappa shape index (κ3) is 6.66. The van der Waals surface area contributed by atoms with Gasteiger partial charge in [-0.1, -0.05) is 18.7 Å². The summed E-state index contributed by atoms with van der Waals surface area (Å²) in [6.07, 6.45) is 3.88. The van der Waals surface area contributed by atoms with Crippen molar-refractivity contribution in [3.8, 4) is 0 Å². The van der Waals surface area contributed by atoms with Crippen LogP contribution in [0.2, 0.25) is 0 Å². The van der Waals surface area contributed by atoms with Gasteiger partial charge in [0, 0.05) is 17.8 Å². The lowest BCUT2D eigenvalue weighted by molar-refractivity contribution is -0.388. The molecular formula is C21H25F3N2O3. The number of rotatable bonds is 7. The Balaban J connectivity index is 1.95. The molecule has 1 aromatic rings. The molecule has 1 aliphatic rings. The Morgan fingerprint density at radius 3 is 2.52 bits per heavy atom. The lowest BCUT2D eigenvalue weighted by atomic mass is 9.92. The Morgan fingerprint density at radius 1 is 1.31 bits per heavy atom. The number of nitro groups is 1. The second-order valence-corrected chi connectivity index (χ2v) is 7.08. The van der Waals surface area contributed by atoms with Gasteiger partial charge in [0.25, 0.3) is 5.69 Å². The summed E-state index contributed by atoms with van der Waals surface area (Å²) in [5, 5.41) is 13.9. The average Bonchev–Trinajstić information content (AvgIpc) is 2.62. The van der Waals surface area contributed by atoms with E-state index in [-0.39, 0.29) is 17.8 Å². The summed E-state index contributed by atoms with van der Waals surface area (Å²) < 4.78 is 45.2. The number of nitro benzene ring substituents is 1. The summed E-state index contributed by atoms with van der Waals surface area (Å²) >= 11 is 0. The van der Waals surface area contributed by atoms with Gasteiger partial charge in [-0.3, -0.25) is 10.1 Å². The summed E-state index contributed by atoms with van der Waals surface area (Å²) in [6.45, 7) is 7.78.